The molecule has 0 aromatic heterocycles. The van der Waals surface area contributed by atoms with Crippen LogP contribution in [0.25, 0.3) is 0 Å². The van der Waals surface area contributed by atoms with Crippen LogP contribution in [0, 0.1) is 5.92 Å². The number of carbonyl (C=O) groups excluding carboxylic acids is 1. The number of benzene rings is 1. The number of hydrogen-bond donors (Lipinski definition) is 1. The molecule has 1 aromatic carbocycles. The Bertz CT molecular complexity index is 433. The van der Waals surface area contributed by atoms with Crippen LogP contribution in [0.4, 0.5) is 0 Å². The molecule has 0 heterocycles. The predicted molar refractivity (Wildman–Crippen MR) is 70.5 cm³/mol. The van der Waals surface area contributed by atoms with Gasteiger partial charge in [0, 0.05) is 28.4 Å². The lowest BCUT2D eigenvalue weighted by Gasteiger charge is -2.14. The molecule has 2 unspecified atom stereocenters. The lowest BCUT2D eigenvalue weighted by atomic mass is 9.94. The molecule has 2 rings (SSSR count). The van der Waals surface area contributed by atoms with Gasteiger partial charge in [0.1, 0.15) is 5.78 Å². The number of Topliss-reactive ketones (excluding diaryl/α,β-unsaturated/α-hetero) is 1. The van der Waals surface area contributed by atoms with Crippen molar-refractivity contribution in [1.29, 1.82) is 0 Å². The van der Waals surface area contributed by atoms with E-state index in [9.17, 15) is 4.79 Å². The summed E-state index contributed by atoms with van der Waals surface area (Å²) in [6, 6.07) is 5.21. The van der Waals surface area contributed by atoms with Crippen molar-refractivity contribution in [3.05, 3.63) is 33.8 Å². The van der Waals surface area contributed by atoms with Crippen molar-refractivity contribution in [2.75, 3.05) is 0 Å². The third kappa shape index (κ3) is 3.01. The van der Waals surface area contributed by atoms with Gasteiger partial charge in [-0.25, -0.2) is 0 Å². The van der Waals surface area contributed by atoms with Gasteiger partial charge in [-0.2, -0.15) is 0 Å². The maximum absolute atomic E-state index is 12.1. The highest BCUT2D eigenvalue weighted by atomic mass is 35.5. The Hall–Kier alpha value is -0.570. The fraction of sp³-hybridized carbons (Fsp3) is 0.462. The van der Waals surface area contributed by atoms with Crippen LogP contribution in [-0.2, 0) is 11.2 Å². The van der Waals surface area contributed by atoms with Gasteiger partial charge in [-0.3, -0.25) is 4.79 Å². The van der Waals surface area contributed by atoms with Crippen LogP contribution in [0.5, 0.6) is 0 Å². The smallest absolute Gasteiger partial charge is 0.141 e. The summed E-state index contributed by atoms with van der Waals surface area (Å²) >= 11 is 11.9. The molecule has 17 heavy (non-hydrogen) atoms. The number of halogens is 2. The minimum absolute atomic E-state index is 0.00921. The van der Waals surface area contributed by atoms with Crippen molar-refractivity contribution in [2.24, 2.45) is 11.7 Å². The first-order valence-corrected chi connectivity index (χ1v) is 6.55. The van der Waals surface area contributed by atoms with Gasteiger partial charge in [-0.05, 0) is 36.6 Å². The predicted octanol–water partition coefficient (Wildman–Crippen LogP) is 3.23. The van der Waals surface area contributed by atoms with Crippen LogP contribution in [0.1, 0.15) is 24.8 Å². The number of carbonyl (C=O) groups is 1. The van der Waals surface area contributed by atoms with Gasteiger partial charge in [-0.15, -0.1) is 0 Å². The Morgan fingerprint density at radius 3 is 2.76 bits per heavy atom. The van der Waals surface area contributed by atoms with E-state index in [2.05, 4.69) is 0 Å². The van der Waals surface area contributed by atoms with Gasteiger partial charge in [0.25, 0.3) is 0 Å². The standard InChI is InChI=1S/C13H15Cl2NO/c14-9-4-5-11(15)8(6-9)7-13(17)10-2-1-3-12(10)16/h4-6,10,12H,1-3,7,16H2. The van der Waals surface area contributed by atoms with Crippen molar-refractivity contribution in [3.63, 3.8) is 0 Å². The molecular weight excluding hydrogens is 257 g/mol. The maximum Gasteiger partial charge on any atom is 0.141 e. The van der Waals surface area contributed by atoms with E-state index in [0.717, 1.165) is 24.8 Å². The van der Waals surface area contributed by atoms with Gasteiger partial charge in [0.05, 0.1) is 0 Å². The summed E-state index contributed by atoms with van der Waals surface area (Å²) in [7, 11) is 0. The number of hydrogen-bond acceptors (Lipinski definition) is 2. The van der Waals surface area contributed by atoms with Crippen LogP contribution < -0.4 is 5.73 Å². The minimum Gasteiger partial charge on any atom is -0.327 e. The topological polar surface area (TPSA) is 43.1 Å². The summed E-state index contributed by atoms with van der Waals surface area (Å²) in [6.07, 6.45) is 3.22. The number of nitrogens with two attached hydrogens (primary N) is 1. The summed E-state index contributed by atoms with van der Waals surface area (Å²) in [6.45, 7) is 0. The lowest BCUT2D eigenvalue weighted by Crippen LogP contribution is -2.31. The van der Waals surface area contributed by atoms with Gasteiger partial charge in [0.15, 0.2) is 0 Å². The van der Waals surface area contributed by atoms with Gasteiger partial charge < -0.3 is 5.73 Å². The van der Waals surface area contributed by atoms with Crippen LogP contribution >= 0.6 is 23.2 Å². The van der Waals surface area contributed by atoms with E-state index in [-0.39, 0.29) is 17.7 Å². The van der Waals surface area contributed by atoms with Crippen molar-refractivity contribution < 1.29 is 4.79 Å². The quantitative estimate of drug-likeness (QED) is 0.917. The zero-order valence-electron chi connectivity index (χ0n) is 9.46. The largest absolute Gasteiger partial charge is 0.327 e. The summed E-state index contributed by atoms with van der Waals surface area (Å²) in [5.74, 6) is 0.171. The molecule has 92 valence electrons. The Kier molecular flexibility index (Phi) is 4.08. The van der Waals surface area contributed by atoms with E-state index in [1.54, 1.807) is 18.2 Å². The maximum atomic E-state index is 12.1. The molecule has 2 atom stereocenters. The molecule has 1 aliphatic carbocycles. The molecule has 0 saturated heterocycles. The molecule has 4 heteroatoms. The molecular formula is C13H15Cl2NO. The molecule has 0 amide bonds. The molecule has 1 aliphatic rings. The van der Waals surface area contributed by atoms with Crippen molar-refractivity contribution in [3.8, 4) is 0 Å². The molecule has 0 aliphatic heterocycles. The van der Waals surface area contributed by atoms with Gasteiger partial charge >= 0.3 is 0 Å². The van der Waals surface area contributed by atoms with E-state index in [1.807, 2.05) is 0 Å². The first kappa shape index (κ1) is 12.9. The van der Waals surface area contributed by atoms with E-state index in [4.69, 9.17) is 28.9 Å². The number of ketones is 1. The van der Waals surface area contributed by atoms with Gasteiger partial charge in [0.2, 0.25) is 0 Å². The lowest BCUT2D eigenvalue weighted by molar-refractivity contribution is -0.122. The highest BCUT2D eigenvalue weighted by molar-refractivity contribution is 6.33. The van der Waals surface area contributed by atoms with E-state index < -0.39 is 0 Å². The van der Waals surface area contributed by atoms with Crippen molar-refractivity contribution in [2.45, 2.75) is 31.7 Å². The molecule has 0 radical (unpaired) electrons. The zero-order valence-corrected chi connectivity index (χ0v) is 11.0. The summed E-state index contributed by atoms with van der Waals surface area (Å²) in [5.41, 5.74) is 6.72. The zero-order chi connectivity index (χ0) is 12.4. The molecule has 0 bridgehead atoms. The first-order valence-electron chi connectivity index (χ1n) is 5.80. The third-order valence-electron chi connectivity index (χ3n) is 3.36. The highest BCUT2D eigenvalue weighted by Gasteiger charge is 2.30. The second-order valence-electron chi connectivity index (χ2n) is 4.58. The van der Waals surface area contributed by atoms with E-state index in [0.29, 0.717) is 16.5 Å². The Morgan fingerprint density at radius 2 is 2.12 bits per heavy atom. The second kappa shape index (κ2) is 5.38. The summed E-state index contributed by atoms with van der Waals surface area (Å²) < 4.78 is 0. The van der Waals surface area contributed by atoms with Crippen LogP contribution in [0.15, 0.2) is 18.2 Å². The van der Waals surface area contributed by atoms with Crippen LogP contribution in [-0.4, -0.2) is 11.8 Å². The Balaban J connectivity index is 2.10. The molecule has 1 aromatic rings. The molecule has 2 nitrogen and oxygen atoms in total. The SMILES string of the molecule is NC1CCCC1C(=O)Cc1cc(Cl)ccc1Cl. The Morgan fingerprint density at radius 1 is 1.35 bits per heavy atom. The minimum atomic E-state index is -0.00921. The average molecular weight is 272 g/mol. The fourth-order valence-electron chi connectivity index (χ4n) is 2.39. The molecule has 2 N–H and O–H groups in total. The van der Waals surface area contributed by atoms with E-state index in [1.165, 1.54) is 0 Å². The summed E-state index contributed by atoms with van der Waals surface area (Å²) in [5, 5.41) is 1.20. The summed E-state index contributed by atoms with van der Waals surface area (Å²) in [4.78, 5) is 12.1. The average Bonchev–Trinajstić information content (AvgIpc) is 2.70. The van der Waals surface area contributed by atoms with Crippen LogP contribution in [0.3, 0.4) is 0 Å². The van der Waals surface area contributed by atoms with E-state index >= 15 is 0 Å². The second-order valence-corrected chi connectivity index (χ2v) is 5.42. The third-order valence-corrected chi connectivity index (χ3v) is 3.96. The van der Waals surface area contributed by atoms with Gasteiger partial charge in [-0.1, -0.05) is 29.6 Å². The normalized spacial score (nSPS) is 23.9. The van der Waals surface area contributed by atoms with Crippen molar-refractivity contribution in [1.82, 2.24) is 0 Å². The monoisotopic (exact) mass is 271 g/mol. The van der Waals surface area contributed by atoms with Crippen molar-refractivity contribution >= 4 is 29.0 Å². The first-order chi connectivity index (χ1) is 8.08. The number of rotatable bonds is 3. The van der Waals surface area contributed by atoms with Crippen LogP contribution in [0.2, 0.25) is 10.0 Å². The fourth-order valence-corrected chi connectivity index (χ4v) is 2.77. The molecule has 1 saturated carbocycles. The Labute approximate surface area is 111 Å². The molecule has 1 fully saturated rings. The molecule has 0 spiro atoms. The highest BCUT2D eigenvalue weighted by Crippen LogP contribution is 2.28.